The number of carbonyl (C=O) groups excluding carboxylic acids is 1. The fourth-order valence-corrected chi connectivity index (χ4v) is 2.22. The molecule has 0 aromatic heterocycles. The second-order valence-corrected chi connectivity index (χ2v) is 6.12. The highest BCUT2D eigenvalue weighted by atomic mass is 16.5. The summed E-state index contributed by atoms with van der Waals surface area (Å²) in [7, 11) is 0. The lowest BCUT2D eigenvalue weighted by Gasteiger charge is -2.13. The topological polar surface area (TPSA) is 50.4 Å². The lowest BCUT2D eigenvalue weighted by Crippen LogP contribution is -2.27. The predicted molar refractivity (Wildman–Crippen MR) is 98.5 cm³/mol. The van der Waals surface area contributed by atoms with Crippen LogP contribution in [-0.4, -0.2) is 19.0 Å². The van der Waals surface area contributed by atoms with Crippen molar-refractivity contribution in [2.75, 3.05) is 18.4 Å². The van der Waals surface area contributed by atoms with Crippen molar-refractivity contribution in [1.82, 2.24) is 5.32 Å². The molecular weight excluding hydrogens is 300 g/mol. The van der Waals surface area contributed by atoms with Gasteiger partial charge in [-0.25, -0.2) is 0 Å². The first-order chi connectivity index (χ1) is 11.6. The number of carbonyl (C=O) groups is 1. The summed E-state index contributed by atoms with van der Waals surface area (Å²) < 4.78 is 5.90. The van der Waals surface area contributed by atoms with E-state index >= 15 is 0 Å². The summed E-state index contributed by atoms with van der Waals surface area (Å²) in [6.07, 6.45) is 1.45. The van der Waals surface area contributed by atoms with Crippen molar-refractivity contribution >= 4 is 11.6 Å². The number of para-hydroxylation sites is 3. The molecule has 2 aromatic rings. The molecule has 0 aliphatic heterocycles. The van der Waals surface area contributed by atoms with Crippen molar-refractivity contribution in [2.45, 2.75) is 26.7 Å². The molecule has 0 aliphatic rings. The molecule has 0 fully saturated rings. The van der Waals surface area contributed by atoms with Gasteiger partial charge in [0.1, 0.15) is 5.75 Å². The summed E-state index contributed by atoms with van der Waals surface area (Å²) >= 11 is 0. The summed E-state index contributed by atoms with van der Waals surface area (Å²) in [5.74, 6) is 2.22. The smallest absolute Gasteiger partial charge is 0.221 e. The number of ether oxygens (including phenoxy) is 1. The van der Waals surface area contributed by atoms with Crippen LogP contribution in [0.15, 0.2) is 54.6 Å². The molecule has 0 radical (unpaired) electrons. The predicted octanol–water partition coefficient (Wildman–Crippen LogP) is 4.44. The van der Waals surface area contributed by atoms with E-state index in [1.807, 2.05) is 54.6 Å². The van der Waals surface area contributed by atoms with E-state index in [9.17, 15) is 4.79 Å². The van der Waals surface area contributed by atoms with Crippen LogP contribution in [0, 0.1) is 5.92 Å². The van der Waals surface area contributed by atoms with Crippen LogP contribution in [-0.2, 0) is 4.79 Å². The maximum atomic E-state index is 11.8. The lowest BCUT2D eigenvalue weighted by molar-refractivity contribution is -0.120. The number of hydrogen-bond acceptors (Lipinski definition) is 3. The number of anilines is 1. The Balaban J connectivity index is 1.81. The zero-order valence-electron chi connectivity index (χ0n) is 14.4. The molecule has 0 heterocycles. The molecule has 0 spiro atoms. The number of amides is 1. The number of nitrogens with one attached hydrogen (secondary N) is 2. The lowest BCUT2D eigenvalue weighted by atomic mass is 10.1. The molecule has 0 saturated heterocycles. The number of hydrogen-bond donors (Lipinski definition) is 2. The molecule has 24 heavy (non-hydrogen) atoms. The van der Waals surface area contributed by atoms with Gasteiger partial charge in [0.25, 0.3) is 0 Å². The van der Waals surface area contributed by atoms with Gasteiger partial charge in [0.15, 0.2) is 5.75 Å². The normalized spacial score (nSPS) is 10.5. The first kappa shape index (κ1) is 17.9. The minimum Gasteiger partial charge on any atom is -0.455 e. The van der Waals surface area contributed by atoms with Crippen LogP contribution in [0.4, 0.5) is 5.69 Å². The third kappa shape index (κ3) is 6.32. The van der Waals surface area contributed by atoms with Crippen molar-refractivity contribution < 1.29 is 9.53 Å². The van der Waals surface area contributed by atoms with Gasteiger partial charge in [-0.1, -0.05) is 44.2 Å². The number of rotatable bonds is 9. The van der Waals surface area contributed by atoms with Gasteiger partial charge in [-0.05, 0) is 36.6 Å². The van der Waals surface area contributed by atoms with Crippen molar-refractivity contribution in [3.05, 3.63) is 54.6 Å². The maximum Gasteiger partial charge on any atom is 0.221 e. The SMILES string of the molecule is CC(C)CCNC(=O)CCNc1ccccc1Oc1ccccc1. The Morgan fingerprint density at radius 1 is 1.00 bits per heavy atom. The zero-order valence-corrected chi connectivity index (χ0v) is 14.4. The molecule has 4 nitrogen and oxygen atoms in total. The molecule has 2 aromatic carbocycles. The van der Waals surface area contributed by atoms with Gasteiger partial charge < -0.3 is 15.4 Å². The fourth-order valence-electron chi connectivity index (χ4n) is 2.22. The van der Waals surface area contributed by atoms with E-state index < -0.39 is 0 Å². The van der Waals surface area contributed by atoms with Crippen molar-refractivity contribution in [3.8, 4) is 11.5 Å². The maximum absolute atomic E-state index is 11.8. The Labute approximate surface area is 144 Å². The van der Waals surface area contributed by atoms with E-state index in [1.165, 1.54) is 0 Å². The minimum atomic E-state index is 0.0737. The summed E-state index contributed by atoms with van der Waals surface area (Å²) in [5.41, 5.74) is 0.885. The summed E-state index contributed by atoms with van der Waals surface area (Å²) in [6.45, 7) is 5.61. The molecule has 2 rings (SSSR count). The van der Waals surface area contributed by atoms with Crippen LogP contribution in [0.25, 0.3) is 0 Å². The van der Waals surface area contributed by atoms with Gasteiger partial charge in [-0.3, -0.25) is 4.79 Å². The van der Waals surface area contributed by atoms with Crippen molar-refractivity contribution in [3.63, 3.8) is 0 Å². The first-order valence-corrected chi connectivity index (χ1v) is 8.47. The standard InChI is InChI=1S/C20H26N2O2/c1-16(2)12-14-22-20(23)13-15-21-18-10-6-7-11-19(18)24-17-8-4-3-5-9-17/h3-11,16,21H,12-15H2,1-2H3,(H,22,23). The molecule has 0 atom stereocenters. The van der Waals surface area contributed by atoms with E-state index in [4.69, 9.17) is 4.74 Å². The average molecular weight is 326 g/mol. The highest BCUT2D eigenvalue weighted by Crippen LogP contribution is 2.28. The Bertz CT molecular complexity index is 627. The molecule has 0 saturated carbocycles. The number of benzene rings is 2. The summed E-state index contributed by atoms with van der Waals surface area (Å²) in [5, 5.41) is 6.22. The van der Waals surface area contributed by atoms with Crippen LogP contribution in [0.1, 0.15) is 26.7 Å². The van der Waals surface area contributed by atoms with Gasteiger partial charge in [0.05, 0.1) is 5.69 Å². The van der Waals surface area contributed by atoms with E-state index in [0.717, 1.165) is 30.2 Å². The first-order valence-electron chi connectivity index (χ1n) is 8.47. The largest absolute Gasteiger partial charge is 0.455 e. The van der Waals surface area contributed by atoms with E-state index in [2.05, 4.69) is 24.5 Å². The minimum absolute atomic E-state index is 0.0737. The van der Waals surface area contributed by atoms with Crippen molar-refractivity contribution in [1.29, 1.82) is 0 Å². The van der Waals surface area contributed by atoms with Crippen LogP contribution >= 0.6 is 0 Å². The van der Waals surface area contributed by atoms with Crippen molar-refractivity contribution in [2.24, 2.45) is 5.92 Å². The Morgan fingerprint density at radius 3 is 2.46 bits per heavy atom. The Morgan fingerprint density at radius 2 is 1.71 bits per heavy atom. The third-order valence-electron chi connectivity index (χ3n) is 3.57. The highest BCUT2D eigenvalue weighted by molar-refractivity contribution is 5.76. The quantitative estimate of drug-likeness (QED) is 0.716. The van der Waals surface area contributed by atoms with Gasteiger partial charge in [-0.2, -0.15) is 0 Å². The summed E-state index contributed by atoms with van der Waals surface area (Å²) in [4.78, 5) is 11.8. The van der Waals surface area contributed by atoms with Gasteiger partial charge in [0, 0.05) is 19.5 Å². The molecule has 1 amide bonds. The van der Waals surface area contributed by atoms with Gasteiger partial charge >= 0.3 is 0 Å². The van der Waals surface area contributed by atoms with E-state index in [0.29, 0.717) is 18.9 Å². The second-order valence-electron chi connectivity index (χ2n) is 6.12. The molecule has 0 unspecified atom stereocenters. The van der Waals surface area contributed by atoms with Crippen LogP contribution < -0.4 is 15.4 Å². The van der Waals surface area contributed by atoms with Gasteiger partial charge in [0.2, 0.25) is 5.91 Å². The van der Waals surface area contributed by atoms with Crippen LogP contribution in [0.2, 0.25) is 0 Å². The highest BCUT2D eigenvalue weighted by Gasteiger charge is 2.06. The Hall–Kier alpha value is -2.49. The fraction of sp³-hybridized carbons (Fsp3) is 0.350. The molecule has 0 bridgehead atoms. The molecule has 4 heteroatoms. The molecular formula is C20H26N2O2. The average Bonchev–Trinajstić information content (AvgIpc) is 2.57. The third-order valence-corrected chi connectivity index (χ3v) is 3.57. The van der Waals surface area contributed by atoms with E-state index in [1.54, 1.807) is 0 Å². The van der Waals surface area contributed by atoms with E-state index in [-0.39, 0.29) is 5.91 Å². The summed E-state index contributed by atoms with van der Waals surface area (Å²) in [6, 6.07) is 17.4. The molecule has 2 N–H and O–H groups in total. The van der Waals surface area contributed by atoms with Crippen LogP contribution in [0.3, 0.4) is 0 Å². The van der Waals surface area contributed by atoms with Crippen LogP contribution in [0.5, 0.6) is 11.5 Å². The monoisotopic (exact) mass is 326 g/mol. The second kappa shape index (κ2) is 9.60. The molecule has 128 valence electrons. The van der Waals surface area contributed by atoms with Gasteiger partial charge in [-0.15, -0.1) is 0 Å². The molecule has 0 aliphatic carbocycles. The zero-order chi connectivity index (χ0) is 17.2. The Kier molecular flexibility index (Phi) is 7.15.